The number of methoxy groups -OCH3 is 1. The minimum absolute atomic E-state index is 0.223. The molecule has 0 amide bonds. The molecule has 5 nitrogen and oxygen atoms in total. The van der Waals surface area contributed by atoms with E-state index < -0.39 is 10.0 Å². The molecule has 0 saturated carbocycles. The molecule has 0 N–H and O–H groups in total. The van der Waals surface area contributed by atoms with Crippen LogP contribution < -0.4 is 0 Å². The van der Waals surface area contributed by atoms with Crippen LogP contribution in [0.4, 0.5) is 0 Å². The third kappa shape index (κ3) is 4.29. The number of rotatable bonds is 7. The van der Waals surface area contributed by atoms with Crippen molar-refractivity contribution in [1.82, 2.24) is 4.31 Å². The number of hydrogen-bond acceptors (Lipinski definition) is 5. The highest BCUT2D eigenvalue weighted by Gasteiger charge is 2.22. The molecule has 0 unspecified atom stereocenters. The smallest absolute Gasteiger partial charge is 0.305 e. The van der Waals surface area contributed by atoms with Gasteiger partial charge in [0.05, 0.1) is 7.11 Å². The van der Waals surface area contributed by atoms with Crippen LogP contribution in [-0.2, 0) is 26.0 Å². The van der Waals surface area contributed by atoms with Gasteiger partial charge in [0.15, 0.2) is 0 Å². The van der Waals surface area contributed by atoms with Crippen molar-refractivity contribution in [2.45, 2.75) is 30.4 Å². The summed E-state index contributed by atoms with van der Waals surface area (Å²) in [6, 6.07) is 3.47. The Labute approximate surface area is 118 Å². The minimum Gasteiger partial charge on any atom is -0.469 e. The number of hydrogen-bond donors (Lipinski definition) is 0. The fraction of sp³-hybridized carbons (Fsp3) is 0.583. The summed E-state index contributed by atoms with van der Waals surface area (Å²) in [7, 11) is -0.587. The van der Waals surface area contributed by atoms with Crippen molar-refractivity contribution in [2.24, 2.45) is 0 Å². The van der Waals surface area contributed by atoms with E-state index in [2.05, 4.69) is 4.74 Å². The van der Waals surface area contributed by atoms with Gasteiger partial charge in [-0.25, -0.2) is 12.7 Å². The van der Waals surface area contributed by atoms with E-state index in [0.717, 1.165) is 11.3 Å². The van der Waals surface area contributed by atoms with Crippen LogP contribution in [0.1, 0.15) is 24.6 Å². The topological polar surface area (TPSA) is 63.7 Å². The fourth-order valence-electron chi connectivity index (χ4n) is 1.51. The number of carbonyl (C=O) groups excluding carboxylic acids is 1. The maximum Gasteiger partial charge on any atom is 0.305 e. The second kappa shape index (κ2) is 7.02. The minimum atomic E-state index is -3.43. The van der Waals surface area contributed by atoms with Crippen molar-refractivity contribution in [1.29, 1.82) is 0 Å². The zero-order chi connectivity index (χ0) is 14.5. The Kier molecular flexibility index (Phi) is 5.96. The van der Waals surface area contributed by atoms with Gasteiger partial charge in [0.2, 0.25) is 0 Å². The lowest BCUT2D eigenvalue weighted by Crippen LogP contribution is -2.27. The van der Waals surface area contributed by atoms with E-state index in [4.69, 9.17) is 0 Å². The fourth-order valence-corrected chi connectivity index (χ4v) is 4.22. The molecule has 108 valence electrons. The lowest BCUT2D eigenvalue weighted by molar-refractivity contribution is -0.140. The van der Waals surface area contributed by atoms with Crippen LogP contribution >= 0.6 is 11.3 Å². The highest BCUT2D eigenvalue weighted by Crippen LogP contribution is 2.24. The van der Waals surface area contributed by atoms with Gasteiger partial charge in [0, 0.05) is 24.9 Å². The maximum absolute atomic E-state index is 12.2. The molecule has 0 bridgehead atoms. The quantitative estimate of drug-likeness (QED) is 0.722. The van der Waals surface area contributed by atoms with Gasteiger partial charge in [0.1, 0.15) is 4.21 Å². The van der Waals surface area contributed by atoms with Crippen LogP contribution in [-0.4, -0.2) is 39.4 Å². The molecule has 1 rings (SSSR count). The highest BCUT2D eigenvalue weighted by atomic mass is 32.2. The molecule has 0 aliphatic heterocycles. The number of carbonyl (C=O) groups is 1. The standard InChI is InChI=1S/C12H19NO4S2/c1-4-10-7-8-12(18-10)19(15,16)13(2)9-5-6-11(14)17-3/h7-8H,4-6,9H2,1-3H3. The normalized spacial score (nSPS) is 11.8. The molecule has 0 fully saturated rings. The van der Waals surface area contributed by atoms with Gasteiger partial charge in [0.25, 0.3) is 10.0 Å². The van der Waals surface area contributed by atoms with Gasteiger partial charge in [-0.15, -0.1) is 11.3 Å². The zero-order valence-electron chi connectivity index (χ0n) is 11.4. The van der Waals surface area contributed by atoms with E-state index in [9.17, 15) is 13.2 Å². The Balaban J connectivity index is 2.64. The summed E-state index contributed by atoms with van der Waals surface area (Å²) < 4.78 is 30.6. The second-order valence-electron chi connectivity index (χ2n) is 4.08. The lowest BCUT2D eigenvalue weighted by atomic mass is 10.3. The average molecular weight is 305 g/mol. The van der Waals surface area contributed by atoms with Gasteiger partial charge >= 0.3 is 5.97 Å². The van der Waals surface area contributed by atoms with Crippen molar-refractivity contribution in [3.05, 3.63) is 17.0 Å². The van der Waals surface area contributed by atoms with Gasteiger partial charge in [-0.2, -0.15) is 0 Å². The average Bonchev–Trinajstić information content (AvgIpc) is 2.87. The van der Waals surface area contributed by atoms with Crippen molar-refractivity contribution in [2.75, 3.05) is 20.7 Å². The Bertz CT molecular complexity index is 522. The summed E-state index contributed by atoms with van der Waals surface area (Å²) >= 11 is 1.29. The first-order valence-corrected chi connectivity index (χ1v) is 8.29. The summed E-state index contributed by atoms with van der Waals surface area (Å²) in [5.41, 5.74) is 0. The number of esters is 1. The maximum atomic E-state index is 12.2. The number of sulfonamides is 1. The first-order valence-electron chi connectivity index (χ1n) is 6.03. The van der Waals surface area contributed by atoms with E-state index >= 15 is 0 Å². The van der Waals surface area contributed by atoms with Crippen molar-refractivity contribution in [3.8, 4) is 0 Å². The van der Waals surface area contributed by atoms with Gasteiger partial charge in [-0.05, 0) is 25.0 Å². The highest BCUT2D eigenvalue weighted by molar-refractivity contribution is 7.91. The molecular formula is C12H19NO4S2. The summed E-state index contributed by atoms with van der Waals surface area (Å²) in [6.45, 7) is 2.29. The van der Waals surface area contributed by atoms with Gasteiger partial charge in [-0.3, -0.25) is 4.79 Å². The molecule has 19 heavy (non-hydrogen) atoms. The van der Waals surface area contributed by atoms with Gasteiger partial charge in [-0.1, -0.05) is 6.92 Å². The molecule has 1 heterocycles. The Morgan fingerprint density at radius 3 is 2.63 bits per heavy atom. The molecule has 0 radical (unpaired) electrons. The van der Waals surface area contributed by atoms with E-state index in [1.807, 2.05) is 13.0 Å². The molecule has 0 aliphatic carbocycles. The zero-order valence-corrected chi connectivity index (χ0v) is 13.0. The molecule has 0 atom stereocenters. The SMILES string of the molecule is CCc1ccc(S(=O)(=O)N(C)CCCC(=O)OC)s1. The van der Waals surface area contributed by atoms with E-state index in [-0.39, 0.29) is 12.4 Å². The van der Waals surface area contributed by atoms with E-state index in [1.165, 1.54) is 29.8 Å². The number of nitrogens with zero attached hydrogens (tertiary/aromatic N) is 1. The molecule has 0 aromatic carbocycles. The van der Waals surface area contributed by atoms with Crippen LogP contribution in [0.5, 0.6) is 0 Å². The summed E-state index contributed by atoms with van der Waals surface area (Å²) in [5, 5.41) is 0. The second-order valence-corrected chi connectivity index (χ2v) is 7.52. The molecule has 1 aromatic heterocycles. The predicted molar refractivity (Wildman–Crippen MR) is 74.8 cm³/mol. The first kappa shape index (κ1) is 16.1. The predicted octanol–water partition coefficient (Wildman–Crippen LogP) is 1.88. The molecular weight excluding hydrogens is 286 g/mol. The van der Waals surface area contributed by atoms with Gasteiger partial charge < -0.3 is 4.74 Å². The Hall–Kier alpha value is -0.920. The summed E-state index contributed by atoms with van der Waals surface area (Å²) in [5.74, 6) is -0.324. The number of ether oxygens (including phenoxy) is 1. The molecule has 0 saturated heterocycles. The third-order valence-electron chi connectivity index (χ3n) is 2.73. The third-order valence-corrected chi connectivity index (χ3v) is 6.29. The first-order chi connectivity index (χ1) is 8.91. The van der Waals surface area contributed by atoms with Crippen LogP contribution in [0.3, 0.4) is 0 Å². The largest absolute Gasteiger partial charge is 0.469 e. The van der Waals surface area contributed by atoms with Crippen molar-refractivity contribution in [3.63, 3.8) is 0 Å². The molecule has 0 aliphatic rings. The van der Waals surface area contributed by atoms with Crippen LogP contribution in [0, 0.1) is 0 Å². The van der Waals surface area contributed by atoms with E-state index in [0.29, 0.717) is 17.2 Å². The summed E-state index contributed by atoms with van der Waals surface area (Å²) in [4.78, 5) is 12.0. The van der Waals surface area contributed by atoms with Crippen LogP contribution in [0.15, 0.2) is 16.3 Å². The number of aryl methyl sites for hydroxylation is 1. The van der Waals surface area contributed by atoms with Crippen LogP contribution in [0.25, 0.3) is 0 Å². The lowest BCUT2D eigenvalue weighted by Gasteiger charge is -2.15. The summed E-state index contributed by atoms with van der Waals surface area (Å²) in [6.07, 6.45) is 1.50. The Morgan fingerprint density at radius 1 is 1.42 bits per heavy atom. The molecule has 0 spiro atoms. The molecule has 7 heteroatoms. The molecule has 1 aromatic rings. The number of thiophene rings is 1. The van der Waals surface area contributed by atoms with E-state index in [1.54, 1.807) is 6.07 Å². The van der Waals surface area contributed by atoms with Crippen LogP contribution in [0.2, 0.25) is 0 Å². The van der Waals surface area contributed by atoms with Crippen molar-refractivity contribution >= 4 is 27.3 Å². The monoisotopic (exact) mass is 305 g/mol. The van der Waals surface area contributed by atoms with Crippen molar-refractivity contribution < 1.29 is 17.9 Å². The Morgan fingerprint density at radius 2 is 2.11 bits per heavy atom.